The highest BCUT2D eigenvalue weighted by molar-refractivity contribution is 6.31. The maximum atomic E-state index is 12.8. The molecule has 0 saturated heterocycles. The van der Waals surface area contributed by atoms with E-state index in [1.54, 1.807) is 0 Å². The van der Waals surface area contributed by atoms with Gasteiger partial charge in [0.2, 0.25) is 0 Å². The van der Waals surface area contributed by atoms with Crippen LogP contribution in [0.5, 0.6) is 5.75 Å². The summed E-state index contributed by atoms with van der Waals surface area (Å²) in [6.07, 6.45) is -3.86. The summed E-state index contributed by atoms with van der Waals surface area (Å²) in [6, 6.07) is 1.59. The Morgan fingerprint density at radius 1 is 1.35 bits per heavy atom. The number of benzene rings is 1. The first-order valence-corrected chi connectivity index (χ1v) is 4.65. The molecule has 0 radical (unpaired) electrons. The second-order valence-electron chi connectivity index (χ2n) is 3.15. The fourth-order valence-corrected chi connectivity index (χ4v) is 1.06. The van der Waals surface area contributed by atoms with Gasteiger partial charge >= 0.3 is 12.3 Å². The van der Waals surface area contributed by atoms with E-state index in [2.05, 4.69) is 4.74 Å². The summed E-state index contributed by atoms with van der Waals surface area (Å²) < 4.78 is 65.9. The molecule has 0 spiro atoms. The number of hydrogen-bond donors (Lipinski definition) is 1. The Balaban J connectivity index is 2.80. The summed E-state index contributed by atoms with van der Waals surface area (Å²) in [5.41, 5.74) is 4.93. The number of halogens is 6. The smallest absolute Gasteiger partial charge is 0.340 e. The van der Waals surface area contributed by atoms with Crippen molar-refractivity contribution in [3.63, 3.8) is 0 Å². The molecule has 0 heterocycles. The van der Waals surface area contributed by atoms with Crippen LogP contribution in [0, 0.1) is 5.82 Å². The molecule has 1 aromatic carbocycles. The maximum Gasteiger partial charge on any atom is 0.340 e. The predicted octanol–water partition coefficient (Wildman–Crippen LogP) is 3.34. The predicted molar refractivity (Wildman–Crippen MR) is 52.3 cm³/mol. The van der Waals surface area contributed by atoms with Crippen LogP contribution in [0.15, 0.2) is 12.1 Å². The molecule has 2 N–H and O–H groups in total. The molecule has 1 rings (SSSR count). The minimum Gasteiger partial charge on any atom is -0.485 e. The minimum atomic E-state index is -4.31. The number of anilines is 1. The lowest BCUT2D eigenvalue weighted by Gasteiger charge is -2.17. The molecule has 0 unspecified atom stereocenters. The van der Waals surface area contributed by atoms with E-state index in [-0.39, 0.29) is 11.4 Å². The van der Waals surface area contributed by atoms with Gasteiger partial charge in [0.25, 0.3) is 0 Å². The van der Waals surface area contributed by atoms with Crippen molar-refractivity contribution in [2.75, 3.05) is 12.3 Å². The van der Waals surface area contributed by atoms with E-state index in [1.807, 2.05) is 0 Å². The first-order chi connectivity index (χ1) is 7.74. The van der Waals surface area contributed by atoms with Crippen molar-refractivity contribution in [1.29, 1.82) is 0 Å². The zero-order chi connectivity index (χ0) is 13.2. The summed E-state index contributed by atoms with van der Waals surface area (Å²) in [5, 5.41) is -0.408. The van der Waals surface area contributed by atoms with Crippen molar-refractivity contribution in [3.8, 4) is 5.75 Å². The van der Waals surface area contributed by atoms with Gasteiger partial charge in [0.15, 0.2) is 6.61 Å². The second-order valence-corrected chi connectivity index (χ2v) is 3.56. The van der Waals surface area contributed by atoms with Crippen LogP contribution in [0.3, 0.4) is 0 Å². The molecule has 96 valence electrons. The zero-order valence-corrected chi connectivity index (χ0v) is 8.95. The van der Waals surface area contributed by atoms with E-state index in [1.165, 1.54) is 0 Å². The number of rotatable bonds is 4. The van der Waals surface area contributed by atoms with Crippen molar-refractivity contribution in [2.45, 2.75) is 12.3 Å². The van der Waals surface area contributed by atoms with Crippen LogP contribution in [0.2, 0.25) is 5.02 Å². The molecule has 8 heteroatoms. The fourth-order valence-electron chi connectivity index (χ4n) is 0.906. The normalized spacial score (nSPS) is 11.9. The molecular weight excluding hydrogens is 269 g/mol. The lowest BCUT2D eigenvalue weighted by atomic mass is 10.3. The zero-order valence-electron chi connectivity index (χ0n) is 8.19. The molecular formula is C9H7ClF5NO. The maximum absolute atomic E-state index is 12.8. The van der Waals surface area contributed by atoms with Gasteiger partial charge in [-0.3, -0.25) is 0 Å². The topological polar surface area (TPSA) is 35.2 Å². The van der Waals surface area contributed by atoms with Gasteiger partial charge in [-0.2, -0.15) is 8.78 Å². The third-order valence-corrected chi connectivity index (χ3v) is 2.08. The molecule has 17 heavy (non-hydrogen) atoms. The SMILES string of the molecule is Nc1cc(F)c(Cl)cc1OCC(F)(F)C(F)F. The summed E-state index contributed by atoms with van der Waals surface area (Å²) in [5.74, 6) is -5.55. The van der Waals surface area contributed by atoms with Crippen molar-refractivity contribution in [3.05, 3.63) is 23.0 Å². The van der Waals surface area contributed by atoms with E-state index in [4.69, 9.17) is 17.3 Å². The van der Waals surface area contributed by atoms with E-state index in [0.29, 0.717) is 0 Å². The van der Waals surface area contributed by atoms with E-state index in [0.717, 1.165) is 12.1 Å². The Kier molecular flexibility index (Phi) is 4.03. The van der Waals surface area contributed by atoms with E-state index < -0.39 is 29.8 Å². The number of hydrogen-bond acceptors (Lipinski definition) is 2. The first kappa shape index (κ1) is 13.8. The van der Waals surface area contributed by atoms with Crippen LogP contribution in [-0.4, -0.2) is 19.0 Å². The molecule has 1 aromatic rings. The van der Waals surface area contributed by atoms with Gasteiger partial charge in [-0.15, -0.1) is 0 Å². The van der Waals surface area contributed by atoms with Gasteiger partial charge in [-0.25, -0.2) is 13.2 Å². The van der Waals surface area contributed by atoms with Crippen LogP contribution in [0.1, 0.15) is 0 Å². The highest BCUT2D eigenvalue weighted by Crippen LogP contribution is 2.30. The second kappa shape index (κ2) is 4.95. The molecule has 0 saturated carbocycles. The molecule has 0 aliphatic heterocycles. The minimum absolute atomic E-state index is 0.308. The van der Waals surface area contributed by atoms with Crippen LogP contribution in [0.4, 0.5) is 27.6 Å². The lowest BCUT2D eigenvalue weighted by molar-refractivity contribution is -0.148. The third kappa shape index (κ3) is 3.36. The van der Waals surface area contributed by atoms with Crippen LogP contribution in [-0.2, 0) is 0 Å². The monoisotopic (exact) mass is 275 g/mol. The molecule has 0 amide bonds. The fraction of sp³-hybridized carbons (Fsp3) is 0.333. The molecule has 0 fully saturated rings. The number of nitrogens with two attached hydrogens (primary N) is 1. The molecule has 0 aliphatic carbocycles. The van der Waals surface area contributed by atoms with Crippen LogP contribution >= 0.6 is 11.6 Å². The van der Waals surface area contributed by atoms with Gasteiger partial charge in [-0.05, 0) is 0 Å². The Morgan fingerprint density at radius 2 is 1.94 bits per heavy atom. The Bertz CT molecular complexity index is 413. The Hall–Kier alpha value is -1.24. The quantitative estimate of drug-likeness (QED) is 0.676. The van der Waals surface area contributed by atoms with Gasteiger partial charge in [0.1, 0.15) is 11.6 Å². The van der Waals surface area contributed by atoms with Gasteiger partial charge in [0.05, 0.1) is 10.7 Å². The third-order valence-electron chi connectivity index (χ3n) is 1.79. The van der Waals surface area contributed by atoms with Crippen molar-refractivity contribution in [2.24, 2.45) is 0 Å². The van der Waals surface area contributed by atoms with Crippen molar-refractivity contribution >= 4 is 17.3 Å². The van der Waals surface area contributed by atoms with E-state index >= 15 is 0 Å². The summed E-state index contributed by atoms with van der Waals surface area (Å²) >= 11 is 5.35. The standard InChI is InChI=1S/C9H7ClF5NO/c10-4-1-7(6(16)2-5(4)11)17-3-9(14,15)8(12)13/h1-2,8H,3,16H2. The van der Waals surface area contributed by atoms with Gasteiger partial charge in [0, 0.05) is 12.1 Å². The first-order valence-electron chi connectivity index (χ1n) is 4.27. The number of nitrogen functional groups attached to an aromatic ring is 1. The number of alkyl halides is 4. The van der Waals surface area contributed by atoms with Crippen LogP contribution in [0.25, 0.3) is 0 Å². The highest BCUT2D eigenvalue weighted by Gasteiger charge is 2.41. The summed E-state index contributed by atoms with van der Waals surface area (Å²) in [7, 11) is 0. The van der Waals surface area contributed by atoms with Crippen molar-refractivity contribution in [1.82, 2.24) is 0 Å². The van der Waals surface area contributed by atoms with Gasteiger partial charge < -0.3 is 10.5 Å². The van der Waals surface area contributed by atoms with Crippen LogP contribution < -0.4 is 10.5 Å². The Labute approximate surface area is 98.1 Å². The average Bonchev–Trinajstić information content (AvgIpc) is 2.21. The van der Waals surface area contributed by atoms with E-state index in [9.17, 15) is 22.0 Å². The number of ether oxygens (including phenoxy) is 1. The van der Waals surface area contributed by atoms with Crippen molar-refractivity contribution < 1.29 is 26.7 Å². The highest BCUT2D eigenvalue weighted by atomic mass is 35.5. The molecule has 0 atom stereocenters. The average molecular weight is 276 g/mol. The molecule has 0 aromatic heterocycles. The Morgan fingerprint density at radius 3 is 2.47 bits per heavy atom. The lowest BCUT2D eigenvalue weighted by Crippen LogP contribution is -2.33. The molecule has 0 bridgehead atoms. The molecule has 2 nitrogen and oxygen atoms in total. The summed E-state index contributed by atoms with van der Waals surface area (Å²) in [6.45, 7) is -1.57. The summed E-state index contributed by atoms with van der Waals surface area (Å²) in [4.78, 5) is 0. The van der Waals surface area contributed by atoms with Gasteiger partial charge in [-0.1, -0.05) is 11.6 Å². The molecule has 0 aliphatic rings. The largest absolute Gasteiger partial charge is 0.485 e.